The van der Waals surface area contributed by atoms with E-state index in [2.05, 4.69) is 163 Å². The first-order valence-electron chi connectivity index (χ1n) is 34.4. The van der Waals surface area contributed by atoms with Crippen molar-refractivity contribution >= 4 is 48.6 Å². The van der Waals surface area contributed by atoms with Crippen molar-refractivity contribution in [3.63, 3.8) is 0 Å². The molecule has 0 aliphatic heterocycles. The lowest BCUT2D eigenvalue weighted by Gasteiger charge is -2.16. The summed E-state index contributed by atoms with van der Waals surface area (Å²) < 4.78 is 38.5. The highest BCUT2D eigenvalue weighted by Gasteiger charge is 2.15. The van der Waals surface area contributed by atoms with E-state index in [1.165, 1.54) is 77.0 Å². The van der Waals surface area contributed by atoms with Crippen LogP contribution in [0.2, 0.25) is 0 Å². The maximum atomic E-state index is 10.1. The smallest absolute Gasteiger partial charge is 0.137 e. The van der Waals surface area contributed by atoms with Crippen molar-refractivity contribution in [2.45, 2.75) is 221 Å². The summed E-state index contributed by atoms with van der Waals surface area (Å²) in [6.07, 6.45) is 48.9. The Morgan fingerprint density at radius 1 is 0.250 bits per heavy atom. The fourth-order valence-corrected chi connectivity index (χ4v) is 10.3. The first-order valence-corrected chi connectivity index (χ1v) is 34.4. The second-order valence-electron chi connectivity index (χ2n) is 23.5. The predicted octanol–water partition coefficient (Wildman–Crippen LogP) is 23.4. The number of ether oxygens (including phenoxy) is 6. The van der Waals surface area contributed by atoms with E-state index in [0.29, 0.717) is 73.8 Å². The van der Waals surface area contributed by atoms with Gasteiger partial charge in [-0.1, -0.05) is 280 Å². The van der Waals surface area contributed by atoms with Gasteiger partial charge in [0.25, 0.3) is 0 Å². The third-order valence-corrected chi connectivity index (χ3v) is 15.8. The molecule has 0 saturated carbocycles. The van der Waals surface area contributed by atoms with E-state index in [0.717, 1.165) is 159 Å². The summed E-state index contributed by atoms with van der Waals surface area (Å²) in [5.41, 5.74) is 8.99. The van der Waals surface area contributed by atoms with Gasteiger partial charge in [0, 0.05) is 34.4 Å². The molecular formula is C80H108N2O6. The topological polar surface area (TPSA) is 103 Å². The van der Waals surface area contributed by atoms with Gasteiger partial charge >= 0.3 is 0 Å². The van der Waals surface area contributed by atoms with Gasteiger partial charge in [-0.15, -0.1) is 0 Å². The van der Waals surface area contributed by atoms with Crippen LogP contribution in [0.4, 0.5) is 0 Å². The lowest BCUT2D eigenvalue weighted by molar-refractivity contribution is 0.295. The molecule has 0 atom stereocenters. The minimum Gasteiger partial charge on any atom is -0.493 e. The molecule has 0 aliphatic rings. The van der Waals surface area contributed by atoms with E-state index in [4.69, 9.17) is 28.4 Å². The maximum absolute atomic E-state index is 10.1. The van der Waals surface area contributed by atoms with Gasteiger partial charge in [0.05, 0.1) is 50.8 Å². The Hall–Kier alpha value is -7.16. The number of hydrogen-bond acceptors (Lipinski definition) is 8. The predicted molar refractivity (Wildman–Crippen MR) is 374 cm³/mol. The van der Waals surface area contributed by atoms with Crippen LogP contribution in [0.5, 0.6) is 34.5 Å². The second kappa shape index (κ2) is 45.2. The fourth-order valence-electron chi connectivity index (χ4n) is 10.3. The van der Waals surface area contributed by atoms with Crippen molar-refractivity contribution < 1.29 is 28.4 Å². The van der Waals surface area contributed by atoms with Crippen molar-refractivity contribution in [1.29, 1.82) is 10.5 Å². The summed E-state index contributed by atoms with van der Waals surface area (Å²) >= 11 is 0. The van der Waals surface area contributed by atoms with E-state index in [9.17, 15) is 10.5 Å². The fraction of sp³-hybridized carbons (Fsp3) is 0.500. The van der Waals surface area contributed by atoms with Crippen LogP contribution >= 0.6 is 0 Å². The minimum atomic E-state index is 0.501. The van der Waals surface area contributed by atoms with Gasteiger partial charge in [-0.2, -0.15) is 10.5 Å². The van der Waals surface area contributed by atoms with Gasteiger partial charge in [-0.3, -0.25) is 0 Å². The summed E-state index contributed by atoms with van der Waals surface area (Å²) in [5.74, 6) is 4.29. The standard InChI is InChI=1S/C80H108N2O6/c1-7-13-19-25-27-33-55-83-75-57-70(48-44-66-37-41-68(42-38-66)46-50-72-60-80(88-54-32-24-18-12-6)74(64-82)62-78(72)86-52-30-22-16-10-4)76(84-56-34-28-26-20-14-8-2)58-69(75)47-43-65-35-39-67(40-36-65)45-49-71-59-79(87-53-31-23-17-11-5)73(63-81)61-77(71)85-51-29-21-15-9-3/h35-50,57-62H,7-34,51-56H2,1-6H3/b47-43+,48-44+,49-45+,50-46+. The molecule has 0 fully saturated rings. The summed E-state index contributed by atoms with van der Waals surface area (Å²) in [7, 11) is 0. The summed E-state index contributed by atoms with van der Waals surface area (Å²) in [6.45, 7) is 17.0. The highest BCUT2D eigenvalue weighted by atomic mass is 16.5. The quantitative estimate of drug-likeness (QED) is 0.0280. The Morgan fingerprint density at radius 3 is 0.682 bits per heavy atom. The molecule has 0 heterocycles. The van der Waals surface area contributed by atoms with Crippen molar-refractivity contribution in [2.24, 2.45) is 0 Å². The molecule has 0 saturated heterocycles. The van der Waals surface area contributed by atoms with Crippen molar-refractivity contribution in [2.75, 3.05) is 39.6 Å². The Kier molecular flexibility index (Phi) is 36.7. The molecule has 0 N–H and O–H groups in total. The Labute approximate surface area is 533 Å². The van der Waals surface area contributed by atoms with Crippen molar-refractivity contribution in [1.82, 2.24) is 0 Å². The van der Waals surface area contributed by atoms with E-state index in [1.807, 2.05) is 24.3 Å². The average Bonchev–Trinajstić information content (AvgIpc) is 2.09. The molecule has 0 aliphatic carbocycles. The zero-order chi connectivity index (χ0) is 62.5. The molecular weight excluding hydrogens is 1080 g/mol. The second-order valence-corrected chi connectivity index (χ2v) is 23.5. The Bertz CT molecular complexity index is 2720. The first-order chi connectivity index (χ1) is 43.4. The van der Waals surface area contributed by atoms with E-state index in [1.54, 1.807) is 0 Å². The molecule has 474 valence electrons. The molecule has 0 unspecified atom stereocenters. The highest BCUT2D eigenvalue weighted by molar-refractivity contribution is 5.81. The van der Waals surface area contributed by atoms with Gasteiger partial charge < -0.3 is 28.4 Å². The molecule has 0 aromatic heterocycles. The zero-order valence-electron chi connectivity index (χ0n) is 55.1. The normalized spacial score (nSPS) is 11.5. The van der Waals surface area contributed by atoms with Crippen LogP contribution in [0.1, 0.15) is 277 Å². The molecule has 8 heteroatoms. The number of nitrogens with zero attached hydrogens (tertiary/aromatic N) is 2. The molecule has 5 rings (SSSR count). The molecule has 8 nitrogen and oxygen atoms in total. The van der Waals surface area contributed by atoms with Crippen LogP contribution in [0.25, 0.3) is 48.6 Å². The van der Waals surface area contributed by atoms with Crippen LogP contribution in [0.15, 0.2) is 84.9 Å². The number of benzene rings is 5. The molecule has 5 aromatic rings. The highest BCUT2D eigenvalue weighted by Crippen LogP contribution is 2.35. The lowest BCUT2D eigenvalue weighted by Crippen LogP contribution is -2.03. The number of unbranched alkanes of at least 4 members (excludes halogenated alkanes) is 22. The molecule has 0 radical (unpaired) electrons. The van der Waals surface area contributed by atoms with E-state index < -0.39 is 0 Å². The van der Waals surface area contributed by atoms with Crippen molar-refractivity contribution in [3.05, 3.63) is 141 Å². The van der Waals surface area contributed by atoms with Crippen LogP contribution in [-0.4, -0.2) is 39.6 Å². The Morgan fingerprint density at radius 2 is 0.443 bits per heavy atom. The van der Waals surface area contributed by atoms with Crippen LogP contribution < -0.4 is 28.4 Å². The van der Waals surface area contributed by atoms with E-state index >= 15 is 0 Å². The van der Waals surface area contributed by atoms with Gasteiger partial charge in [-0.05, 0) is 85.0 Å². The third-order valence-electron chi connectivity index (χ3n) is 15.8. The maximum Gasteiger partial charge on any atom is 0.137 e. The minimum absolute atomic E-state index is 0.501. The molecule has 0 spiro atoms. The largest absolute Gasteiger partial charge is 0.493 e. The van der Waals surface area contributed by atoms with E-state index in [-0.39, 0.29) is 0 Å². The van der Waals surface area contributed by atoms with Gasteiger partial charge in [-0.25, -0.2) is 0 Å². The van der Waals surface area contributed by atoms with Crippen LogP contribution in [0, 0.1) is 22.7 Å². The third kappa shape index (κ3) is 27.9. The lowest BCUT2D eigenvalue weighted by atomic mass is 10.0. The molecule has 88 heavy (non-hydrogen) atoms. The van der Waals surface area contributed by atoms with Crippen LogP contribution in [-0.2, 0) is 0 Å². The summed E-state index contributed by atoms with van der Waals surface area (Å²) in [4.78, 5) is 0. The number of hydrogen-bond donors (Lipinski definition) is 0. The van der Waals surface area contributed by atoms with Gasteiger partial charge in [0.15, 0.2) is 0 Å². The number of rotatable bonds is 48. The molecule has 0 amide bonds. The van der Waals surface area contributed by atoms with Crippen LogP contribution in [0.3, 0.4) is 0 Å². The first kappa shape index (κ1) is 71.6. The number of nitriles is 2. The average molecular weight is 1190 g/mol. The summed E-state index contributed by atoms with van der Waals surface area (Å²) in [6, 6.07) is 33.8. The molecule has 5 aromatic carbocycles. The van der Waals surface area contributed by atoms with Crippen molar-refractivity contribution in [3.8, 4) is 46.6 Å². The van der Waals surface area contributed by atoms with Gasteiger partial charge in [0.1, 0.15) is 46.6 Å². The Balaban J connectivity index is 1.42. The van der Waals surface area contributed by atoms with Gasteiger partial charge in [0.2, 0.25) is 0 Å². The zero-order valence-corrected chi connectivity index (χ0v) is 55.1. The summed E-state index contributed by atoms with van der Waals surface area (Å²) in [5, 5.41) is 20.2. The monoisotopic (exact) mass is 1190 g/mol. The molecule has 0 bridgehead atoms. The SMILES string of the molecule is CCCCCCCCOc1cc(/C=C/c2ccc(/C=C/c3cc(OCCCCCC)c(C#N)cc3OCCCCCC)cc2)c(OCCCCCCCC)cc1/C=C/c1ccc(/C=C/c2cc(OCCCCCC)c(C#N)cc2OCCCCCC)cc1.